The third-order valence-corrected chi connectivity index (χ3v) is 12.2. The molecule has 0 heterocycles. The molecule has 0 saturated heterocycles. The molecular weight excluding hydrogens is 651 g/mol. The second kappa shape index (κ2) is 12.3. The van der Waals surface area contributed by atoms with Gasteiger partial charge < -0.3 is 4.90 Å². The van der Waals surface area contributed by atoms with Crippen LogP contribution in [0.25, 0.3) is 44.5 Å². The van der Waals surface area contributed by atoms with Crippen molar-refractivity contribution in [2.45, 2.75) is 31.6 Å². The molecule has 0 amide bonds. The summed E-state index contributed by atoms with van der Waals surface area (Å²) in [5.41, 5.74) is 19.9. The van der Waals surface area contributed by atoms with Gasteiger partial charge in [0.1, 0.15) is 0 Å². The highest BCUT2D eigenvalue weighted by molar-refractivity contribution is 5.99. The summed E-state index contributed by atoms with van der Waals surface area (Å²) in [5.74, 6) is 0. The number of hydrogen-bond donors (Lipinski definition) is 0. The first-order chi connectivity index (χ1) is 26.4. The minimum absolute atomic E-state index is 0.115. The van der Waals surface area contributed by atoms with E-state index in [2.05, 4.69) is 220 Å². The molecule has 8 aromatic carbocycles. The van der Waals surface area contributed by atoms with E-state index < -0.39 is 0 Å². The van der Waals surface area contributed by atoms with Crippen molar-refractivity contribution in [1.29, 1.82) is 0 Å². The van der Waals surface area contributed by atoms with Crippen molar-refractivity contribution in [1.82, 2.24) is 0 Å². The highest BCUT2D eigenvalue weighted by Crippen LogP contribution is 2.57. The van der Waals surface area contributed by atoms with Crippen LogP contribution in [0.3, 0.4) is 0 Å². The van der Waals surface area contributed by atoms with Gasteiger partial charge in [0.15, 0.2) is 0 Å². The summed E-state index contributed by atoms with van der Waals surface area (Å²) in [7, 11) is 0. The van der Waals surface area contributed by atoms with Crippen molar-refractivity contribution in [3.63, 3.8) is 0 Å². The number of anilines is 3. The molecule has 0 aromatic heterocycles. The fourth-order valence-electron chi connectivity index (χ4n) is 9.44. The largest absolute Gasteiger partial charge is 0.310 e. The van der Waals surface area contributed by atoms with Gasteiger partial charge in [-0.3, -0.25) is 0 Å². The summed E-state index contributed by atoms with van der Waals surface area (Å²) in [4.78, 5) is 2.47. The molecule has 0 saturated carbocycles. The molecular formula is C53H41N. The summed E-state index contributed by atoms with van der Waals surface area (Å²) < 4.78 is 0. The molecule has 1 atom stereocenters. The fourth-order valence-corrected chi connectivity index (χ4v) is 9.44. The zero-order chi connectivity index (χ0) is 36.4. The average molecular weight is 692 g/mol. The second-order valence-electron chi connectivity index (χ2n) is 15.4. The van der Waals surface area contributed by atoms with Gasteiger partial charge in [-0.25, -0.2) is 0 Å². The summed E-state index contributed by atoms with van der Waals surface area (Å²) in [6.07, 6.45) is 0. The van der Waals surface area contributed by atoms with Gasteiger partial charge in [-0.05, 0) is 104 Å². The molecule has 10 rings (SSSR count). The molecule has 0 N–H and O–H groups in total. The Morgan fingerprint density at radius 2 is 0.889 bits per heavy atom. The topological polar surface area (TPSA) is 3.24 Å². The maximum atomic E-state index is 2.47. The number of fused-ring (bicyclic) bond motifs is 6. The Morgan fingerprint density at radius 1 is 0.352 bits per heavy atom. The smallest absolute Gasteiger partial charge is 0.0540 e. The van der Waals surface area contributed by atoms with E-state index in [1.807, 2.05) is 0 Å². The standard InChI is InChI=1S/C53H41N/c1-52(2)46-25-13-10-21-41(46)42-34-33-40(35-49(42)52)54(39-31-29-37(30-32-39)36-17-6-4-7-18-36)50-28-15-12-22-43(50)44-24-16-27-48-51(44)45-23-11-14-26-47(45)53(48,3)38-19-8-5-9-20-38/h4-35H,1-3H3. The van der Waals surface area contributed by atoms with Gasteiger partial charge in [0, 0.05) is 27.8 Å². The van der Waals surface area contributed by atoms with Gasteiger partial charge in [0.2, 0.25) is 0 Å². The van der Waals surface area contributed by atoms with Crippen LogP contribution in [-0.2, 0) is 10.8 Å². The summed E-state index contributed by atoms with van der Waals surface area (Å²) >= 11 is 0. The van der Waals surface area contributed by atoms with Gasteiger partial charge in [-0.1, -0.05) is 178 Å². The predicted molar refractivity (Wildman–Crippen MR) is 227 cm³/mol. The van der Waals surface area contributed by atoms with E-state index in [9.17, 15) is 0 Å². The van der Waals surface area contributed by atoms with Crippen LogP contribution in [0.15, 0.2) is 194 Å². The van der Waals surface area contributed by atoms with Crippen molar-refractivity contribution in [3.05, 3.63) is 222 Å². The first kappa shape index (κ1) is 32.2. The van der Waals surface area contributed by atoms with Crippen LogP contribution in [0.5, 0.6) is 0 Å². The van der Waals surface area contributed by atoms with Crippen LogP contribution in [0.4, 0.5) is 17.1 Å². The summed E-state index contributed by atoms with van der Waals surface area (Å²) in [6, 6.07) is 71.6. The Morgan fingerprint density at radius 3 is 1.65 bits per heavy atom. The van der Waals surface area contributed by atoms with Crippen LogP contribution < -0.4 is 4.90 Å². The van der Waals surface area contributed by atoms with Crippen LogP contribution in [0.1, 0.15) is 48.6 Å². The van der Waals surface area contributed by atoms with Gasteiger partial charge >= 0.3 is 0 Å². The van der Waals surface area contributed by atoms with Gasteiger partial charge in [-0.2, -0.15) is 0 Å². The first-order valence-electron chi connectivity index (χ1n) is 19.0. The number of hydrogen-bond acceptors (Lipinski definition) is 1. The third kappa shape index (κ3) is 4.78. The molecule has 8 aromatic rings. The van der Waals surface area contributed by atoms with E-state index in [1.165, 1.54) is 72.3 Å². The van der Waals surface area contributed by atoms with Crippen molar-refractivity contribution in [3.8, 4) is 44.5 Å². The molecule has 2 aliphatic rings. The lowest BCUT2D eigenvalue weighted by molar-refractivity contribution is 0.660. The normalized spacial score (nSPS) is 15.9. The van der Waals surface area contributed by atoms with E-state index in [1.54, 1.807) is 0 Å². The lowest BCUT2D eigenvalue weighted by atomic mass is 9.74. The fraction of sp³-hybridized carbons (Fsp3) is 0.0943. The Hall–Kier alpha value is -6.44. The molecule has 1 unspecified atom stereocenters. The van der Waals surface area contributed by atoms with Gasteiger partial charge in [0.25, 0.3) is 0 Å². The van der Waals surface area contributed by atoms with E-state index in [-0.39, 0.29) is 10.8 Å². The molecule has 1 heteroatoms. The predicted octanol–water partition coefficient (Wildman–Crippen LogP) is 14.1. The molecule has 0 radical (unpaired) electrons. The number of rotatable bonds is 6. The molecule has 0 fully saturated rings. The Kier molecular flexibility index (Phi) is 7.35. The van der Waals surface area contributed by atoms with E-state index in [0.29, 0.717) is 0 Å². The maximum absolute atomic E-state index is 2.47. The molecule has 2 aliphatic carbocycles. The lowest BCUT2D eigenvalue weighted by Crippen LogP contribution is -2.22. The van der Waals surface area contributed by atoms with Crippen LogP contribution in [0.2, 0.25) is 0 Å². The quantitative estimate of drug-likeness (QED) is 0.168. The Labute approximate surface area is 318 Å². The Bertz CT molecular complexity index is 2690. The van der Waals surface area contributed by atoms with Crippen molar-refractivity contribution >= 4 is 17.1 Å². The summed E-state index contributed by atoms with van der Waals surface area (Å²) in [6.45, 7) is 7.12. The van der Waals surface area contributed by atoms with Crippen molar-refractivity contribution in [2.24, 2.45) is 0 Å². The molecule has 54 heavy (non-hydrogen) atoms. The van der Waals surface area contributed by atoms with Crippen molar-refractivity contribution < 1.29 is 0 Å². The van der Waals surface area contributed by atoms with Gasteiger partial charge in [-0.15, -0.1) is 0 Å². The van der Waals surface area contributed by atoms with Gasteiger partial charge in [0.05, 0.1) is 5.69 Å². The molecule has 0 spiro atoms. The van der Waals surface area contributed by atoms with Crippen LogP contribution >= 0.6 is 0 Å². The zero-order valence-electron chi connectivity index (χ0n) is 30.9. The lowest BCUT2D eigenvalue weighted by Gasteiger charge is -2.30. The number of nitrogens with zero attached hydrogens (tertiary/aromatic N) is 1. The Balaban J connectivity index is 1.19. The average Bonchev–Trinajstić information content (AvgIpc) is 3.63. The SMILES string of the molecule is CC1(C)c2ccccc2-c2ccc(N(c3ccc(-c4ccccc4)cc3)c3ccccc3-c3cccc4c3-c3ccccc3C4(C)c3ccccc3)cc21. The number of para-hydroxylation sites is 1. The van der Waals surface area contributed by atoms with E-state index in [0.717, 1.165) is 17.1 Å². The molecule has 258 valence electrons. The minimum atomic E-state index is -0.272. The zero-order valence-corrected chi connectivity index (χ0v) is 30.9. The van der Waals surface area contributed by atoms with E-state index in [4.69, 9.17) is 0 Å². The second-order valence-corrected chi connectivity index (χ2v) is 15.4. The van der Waals surface area contributed by atoms with E-state index >= 15 is 0 Å². The minimum Gasteiger partial charge on any atom is -0.310 e. The molecule has 1 nitrogen and oxygen atoms in total. The van der Waals surface area contributed by atoms with Crippen LogP contribution in [0, 0.1) is 0 Å². The monoisotopic (exact) mass is 691 g/mol. The molecule has 0 aliphatic heterocycles. The summed E-state index contributed by atoms with van der Waals surface area (Å²) in [5, 5.41) is 0. The highest BCUT2D eigenvalue weighted by Gasteiger charge is 2.42. The highest BCUT2D eigenvalue weighted by atomic mass is 15.1. The number of benzene rings is 8. The molecule has 0 bridgehead atoms. The first-order valence-corrected chi connectivity index (χ1v) is 19.0. The van der Waals surface area contributed by atoms with Crippen LogP contribution in [-0.4, -0.2) is 0 Å². The van der Waals surface area contributed by atoms with Crippen molar-refractivity contribution in [2.75, 3.05) is 4.90 Å². The third-order valence-electron chi connectivity index (χ3n) is 12.2. The maximum Gasteiger partial charge on any atom is 0.0540 e.